The lowest BCUT2D eigenvalue weighted by atomic mass is 10.1. The molecule has 0 atom stereocenters. The van der Waals surface area contributed by atoms with Gasteiger partial charge < -0.3 is 16.0 Å². The van der Waals surface area contributed by atoms with Crippen LogP contribution in [0.1, 0.15) is 47.2 Å². The molecule has 0 bridgehead atoms. The molecule has 0 aliphatic heterocycles. The summed E-state index contributed by atoms with van der Waals surface area (Å²) >= 11 is 0. The third-order valence-corrected chi connectivity index (χ3v) is 5.84. The summed E-state index contributed by atoms with van der Waals surface area (Å²) in [5.74, 6) is -0.0620. The number of carbonyl (C=O) groups is 2. The number of nitrogens with zero attached hydrogens (tertiary/aromatic N) is 3. The number of aromatic nitrogens is 3. The summed E-state index contributed by atoms with van der Waals surface area (Å²) in [5, 5.41) is 17.1. The van der Waals surface area contributed by atoms with Gasteiger partial charge in [0.2, 0.25) is 0 Å². The Hall–Kier alpha value is -3.42. The van der Waals surface area contributed by atoms with Gasteiger partial charge in [-0.15, -0.1) is 5.10 Å². The molecule has 8 nitrogen and oxygen atoms in total. The number of amides is 3. The summed E-state index contributed by atoms with van der Waals surface area (Å²) in [6.07, 6.45) is 4.45. The maximum Gasteiger partial charge on any atom is 0.319 e. The fourth-order valence-corrected chi connectivity index (χ4v) is 3.89. The average Bonchev–Trinajstić information content (AvgIpc) is 3.40. The number of anilines is 1. The minimum Gasteiger partial charge on any atom is -0.349 e. The van der Waals surface area contributed by atoms with E-state index in [0.29, 0.717) is 24.2 Å². The molecule has 1 heterocycles. The van der Waals surface area contributed by atoms with Crippen molar-refractivity contribution in [3.63, 3.8) is 0 Å². The Kier molecular flexibility index (Phi) is 6.16. The molecular weight excluding hydrogens is 392 g/mol. The van der Waals surface area contributed by atoms with E-state index in [9.17, 15) is 9.59 Å². The molecular formula is C23H28N6O2. The van der Waals surface area contributed by atoms with Gasteiger partial charge in [-0.2, -0.15) is 0 Å². The summed E-state index contributed by atoms with van der Waals surface area (Å²) in [7, 11) is 0. The highest BCUT2D eigenvalue weighted by Gasteiger charge is 2.18. The lowest BCUT2D eigenvalue weighted by Gasteiger charge is -2.11. The summed E-state index contributed by atoms with van der Waals surface area (Å²) in [6.45, 7) is 4.92. The normalized spacial score (nSPS) is 14.0. The Bertz CT molecular complexity index is 1100. The molecule has 162 valence electrons. The fraction of sp³-hybridized carbons (Fsp3) is 0.391. The third-order valence-electron chi connectivity index (χ3n) is 5.84. The molecule has 1 aromatic heterocycles. The van der Waals surface area contributed by atoms with Crippen LogP contribution in [-0.4, -0.2) is 39.5 Å². The Morgan fingerprint density at radius 1 is 1.06 bits per heavy atom. The molecule has 8 heteroatoms. The lowest BCUT2D eigenvalue weighted by molar-refractivity contribution is 0.0938. The third kappa shape index (κ3) is 5.02. The zero-order valence-electron chi connectivity index (χ0n) is 17.9. The van der Waals surface area contributed by atoms with Crippen molar-refractivity contribution in [1.82, 2.24) is 25.6 Å². The second kappa shape index (κ2) is 9.16. The van der Waals surface area contributed by atoms with Crippen LogP contribution in [0.3, 0.4) is 0 Å². The molecule has 3 amide bonds. The molecule has 1 aliphatic rings. The van der Waals surface area contributed by atoms with E-state index < -0.39 is 0 Å². The number of hydrogen-bond donors (Lipinski definition) is 3. The Labute approximate surface area is 181 Å². The lowest BCUT2D eigenvalue weighted by Crippen LogP contribution is -2.32. The van der Waals surface area contributed by atoms with Crippen molar-refractivity contribution < 1.29 is 9.59 Å². The number of urea groups is 1. The SMILES string of the molecule is Cc1ccc(NC(=O)NCCn2nnc3cc(C(=O)NC4CCCC4)ccc32)cc1C. The van der Waals surface area contributed by atoms with Crippen molar-refractivity contribution in [2.24, 2.45) is 0 Å². The molecule has 3 aromatic rings. The Balaban J connectivity index is 1.31. The smallest absolute Gasteiger partial charge is 0.319 e. The highest BCUT2D eigenvalue weighted by atomic mass is 16.2. The molecule has 2 aromatic carbocycles. The van der Waals surface area contributed by atoms with Crippen molar-refractivity contribution >= 4 is 28.7 Å². The molecule has 4 rings (SSSR count). The van der Waals surface area contributed by atoms with E-state index in [4.69, 9.17) is 0 Å². The van der Waals surface area contributed by atoms with E-state index in [0.717, 1.165) is 29.6 Å². The van der Waals surface area contributed by atoms with Gasteiger partial charge in [0.05, 0.1) is 12.1 Å². The molecule has 0 saturated heterocycles. The summed E-state index contributed by atoms with van der Waals surface area (Å²) in [5.41, 5.74) is 5.16. The Morgan fingerprint density at radius 2 is 1.87 bits per heavy atom. The first-order chi connectivity index (χ1) is 15.0. The van der Waals surface area contributed by atoms with Gasteiger partial charge in [-0.1, -0.05) is 24.1 Å². The Morgan fingerprint density at radius 3 is 2.65 bits per heavy atom. The first kappa shape index (κ1) is 20.8. The van der Waals surface area contributed by atoms with Gasteiger partial charge in [0.1, 0.15) is 5.52 Å². The van der Waals surface area contributed by atoms with Crippen LogP contribution in [0, 0.1) is 13.8 Å². The van der Waals surface area contributed by atoms with E-state index in [1.165, 1.54) is 18.4 Å². The summed E-state index contributed by atoms with van der Waals surface area (Å²) in [4.78, 5) is 24.6. The summed E-state index contributed by atoms with van der Waals surface area (Å²) < 4.78 is 1.73. The van der Waals surface area contributed by atoms with Crippen LogP contribution in [0.2, 0.25) is 0 Å². The van der Waals surface area contributed by atoms with Crippen LogP contribution in [0.25, 0.3) is 11.0 Å². The second-order valence-electron chi connectivity index (χ2n) is 8.15. The molecule has 1 saturated carbocycles. The largest absolute Gasteiger partial charge is 0.349 e. The minimum atomic E-state index is -0.265. The summed E-state index contributed by atoms with van der Waals surface area (Å²) in [6, 6.07) is 11.2. The number of aryl methyl sites for hydroxylation is 2. The van der Waals surface area contributed by atoms with Crippen LogP contribution >= 0.6 is 0 Å². The number of fused-ring (bicyclic) bond motifs is 1. The van der Waals surface area contributed by atoms with Crippen LogP contribution < -0.4 is 16.0 Å². The predicted molar refractivity (Wildman–Crippen MR) is 120 cm³/mol. The number of hydrogen-bond acceptors (Lipinski definition) is 4. The number of carbonyl (C=O) groups excluding carboxylic acids is 2. The average molecular weight is 421 g/mol. The van der Waals surface area contributed by atoms with Gasteiger partial charge in [0.25, 0.3) is 5.91 Å². The van der Waals surface area contributed by atoms with Gasteiger partial charge >= 0.3 is 6.03 Å². The maximum absolute atomic E-state index is 12.5. The van der Waals surface area contributed by atoms with Crippen molar-refractivity contribution in [2.75, 3.05) is 11.9 Å². The quantitative estimate of drug-likeness (QED) is 0.568. The highest BCUT2D eigenvalue weighted by molar-refractivity contribution is 5.97. The molecule has 0 spiro atoms. The van der Waals surface area contributed by atoms with E-state index in [1.54, 1.807) is 16.8 Å². The highest BCUT2D eigenvalue weighted by Crippen LogP contribution is 2.19. The maximum atomic E-state index is 12.5. The van der Waals surface area contributed by atoms with Gasteiger partial charge in [-0.25, -0.2) is 9.48 Å². The molecule has 1 fully saturated rings. The first-order valence-electron chi connectivity index (χ1n) is 10.8. The van der Waals surface area contributed by atoms with Crippen LogP contribution in [0.5, 0.6) is 0 Å². The zero-order valence-corrected chi connectivity index (χ0v) is 17.9. The van der Waals surface area contributed by atoms with Gasteiger partial charge in [-0.3, -0.25) is 4.79 Å². The van der Waals surface area contributed by atoms with E-state index in [1.807, 2.05) is 38.1 Å². The van der Waals surface area contributed by atoms with Gasteiger partial charge in [0.15, 0.2) is 0 Å². The van der Waals surface area contributed by atoms with Crippen LogP contribution in [-0.2, 0) is 6.54 Å². The van der Waals surface area contributed by atoms with Crippen LogP contribution in [0.4, 0.5) is 10.5 Å². The minimum absolute atomic E-state index is 0.0620. The monoisotopic (exact) mass is 420 g/mol. The van der Waals surface area contributed by atoms with Gasteiger partial charge in [0, 0.05) is 23.8 Å². The number of rotatable bonds is 6. The zero-order chi connectivity index (χ0) is 21.8. The van der Waals surface area contributed by atoms with Crippen LogP contribution in [0.15, 0.2) is 36.4 Å². The van der Waals surface area contributed by atoms with Crippen molar-refractivity contribution in [3.05, 3.63) is 53.1 Å². The number of benzene rings is 2. The van der Waals surface area contributed by atoms with Crippen molar-refractivity contribution in [3.8, 4) is 0 Å². The molecule has 0 radical (unpaired) electrons. The van der Waals surface area contributed by atoms with E-state index in [2.05, 4.69) is 26.3 Å². The molecule has 1 aliphatic carbocycles. The first-order valence-corrected chi connectivity index (χ1v) is 10.8. The van der Waals surface area contributed by atoms with Crippen molar-refractivity contribution in [1.29, 1.82) is 0 Å². The van der Waals surface area contributed by atoms with E-state index in [-0.39, 0.29) is 18.0 Å². The molecule has 0 unspecified atom stereocenters. The molecule has 3 N–H and O–H groups in total. The fourth-order valence-electron chi connectivity index (χ4n) is 3.89. The van der Waals surface area contributed by atoms with Crippen molar-refractivity contribution in [2.45, 2.75) is 52.1 Å². The standard InChI is InChI=1S/C23H28N6O2/c1-15-7-9-19(13-16(15)2)26-23(31)24-11-12-29-21-10-8-17(14-20(21)27-28-29)22(30)25-18-5-3-4-6-18/h7-10,13-14,18H,3-6,11-12H2,1-2H3,(H,25,30)(H2,24,26,31). The molecule has 31 heavy (non-hydrogen) atoms. The number of nitrogens with one attached hydrogen (secondary N) is 3. The predicted octanol–water partition coefficient (Wildman–Crippen LogP) is 3.54. The van der Waals surface area contributed by atoms with Gasteiger partial charge in [-0.05, 0) is 68.1 Å². The second-order valence-corrected chi connectivity index (χ2v) is 8.15. The topological polar surface area (TPSA) is 101 Å². The van der Waals surface area contributed by atoms with E-state index >= 15 is 0 Å².